The Morgan fingerprint density at radius 3 is 2.38 bits per heavy atom. The number of rotatable bonds is 8. The average molecular weight is 528 g/mol. The summed E-state index contributed by atoms with van der Waals surface area (Å²) < 4.78 is 8.06. The summed E-state index contributed by atoms with van der Waals surface area (Å²) in [5, 5.41) is 23.9. The molecule has 40 heavy (non-hydrogen) atoms. The highest BCUT2D eigenvalue weighted by Crippen LogP contribution is 2.42. The second-order valence-corrected chi connectivity index (χ2v) is 9.92. The van der Waals surface area contributed by atoms with Crippen LogP contribution >= 0.6 is 0 Å². The van der Waals surface area contributed by atoms with Gasteiger partial charge in [-0.15, -0.1) is 0 Å². The van der Waals surface area contributed by atoms with Gasteiger partial charge in [0.25, 0.3) is 0 Å². The van der Waals surface area contributed by atoms with E-state index in [1.165, 1.54) is 0 Å². The Kier molecular flexibility index (Phi) is 6.71. The van der Waals surface area contributed by atoms with E-state index in [0.717, 1.165) is 44.1 Å². The normalized spacial score (nSPS) is 11.2. The van der Waals surface area contributed by atoms with Gasteiger partial charge in [0.15, 0.2) is 0 Å². The van der Waals surface area contributed by atoms with Crippen LogP contribution in [-0.2, 0) is 6.54 Å². The number of phenolic OH excluding ortho intramolecular Hbond substituents is 1. The highest BCUT2D eigenvalue weighted by Gasteiger charge is 2.26. The minimum atomic E-state index is -1.01. The van der Waals surface area contributed by atoms with Crippen LogP contribution in [0.25, 0.3) is 43.9 Å². The minimum absolute atomic E-state index is 0.0894. The predicted molar refractivity (Wildman–Crippen MR) is 160 cm³/mol. The van der Waals surface area contributed by atoms with E-state index in [1.54, 1.807) is 18.2 Å². The van der Waals surface area contributed by atoms with E-state index in [4.69, 9.17) is 4.74 Å². The van der Waals surface area contributed by atoms with Crippen molar-refractivity contribution in [2.24, 2.45) is 0 Å². The molecule has 0 aliphatic heterocycles. The Morgan fingerprint density at radius 1 is 0.825 bits per heavy atom. The van der Waals surface area contributed by atoms with Gasteiger partial charge in [-0.1, -0.05) is 84.9 Å². The number of carboxylic acid groups (broad SMARTS) is 1. The quantitative estimate of drug-likeness (QED) is 0.195. The first-order valence-corrected chi connectivity index (χ1v) is 13.4. The van der Waals surface area contributed by atoms with E-state index in [2.05, 4.69) is 31.2 Å². The first-order valence-electron chi connectivity index (χ1n) is 13.4. The molecule has 0 fully saturated rings. The minimum Gasteiger partial charge on any atom is -0.508 e. The molecular formula is C35H29NO4. The molecule has 0 unspecified atom stereocenters. The van der Waals surface area contributed by atoms with Gasteiger partial charge >= 0.3 is 5.97 Å². The molecule has 0 amide bonds. The molecule has 5 aromatic carbocycles. The molecule has 0 atom stereocenters. The summed E-state index contributed by atoms with van der Waals surface area (Å²) >= 11 is 0. The lowest BCUT2D eigenvalue weighted by Crippen LogP contribution is -2.12. The zero-order chi connectivity index (χ0) is 27.6. The van der Waals surface area contributed by atoms with Crippen molar-refractivity contribution in [1.82, 2.24) is 4.57 Å². The number of ether oxygens (including phenoxy) is 1. The number of hydrogen-bond donors (Lipinski definition) is 2. The van der Waals surface area contributed by atoms with Crippen molar-refractivity contribution < 1.29 is 19.7 Å². The van der Waals surface area contributed by atoms with Crippen LogP contribution in [0.15, 0.2) is 109 Å². The molecule has 198 valence electrons. The molecule has 0 spiro atoms. The first-order chi connectivity index (χ1) is 19.5. The van der Waals surface area contributed by atoms with Crippen LogP contribution in [0.3, 0.4) is 0 Å². The Bertz CT molecular complexity index is 1860. The summed E-state index contributed by atoms with van der Waals surface area (Å²) in [6, 6.07) is 35.0. The van der Waals surface area contributed by atoms with Crippen molar-refractivity contribution in [2.45, 2.75) is 19.9 Å². The van der Waals surface area contributed by atoms with E-state index >= 15 is 0 Å². The number of aromatic nitrogens is 1. The van der Waals surface area contributed by atoms with E-state index in [9.17, 15) is 15.0 Å². The lowest BCUT2D eigenvalue weighted by molar-refractivity contribution is 0.0686. The van der Waals surface area contributed by atoms with E-state index in [-0.39, 0.29) is 11.4 Å². The maximum atomic E-state index is 12.9. The highest BCUT2D eigenvalue weighted by atomic mass is 16.5. The number of aromatic carboxylic acids is 1. The van der Waals surface area contributed by atoms with Crippen LogP contribution in [-0.4, -0.2) is 27.4 Å². The number of carbonyl (C=O) groups is 1. The largest absolute Gasteiger partial charge is 0.508 e. The molecule has 1 heterocycles. The Morgan fingerprint density at radius 2 is 1.55 bits per heavy atom. The summed E-state index contributed by atoms with van der Waals surface area (Å²) in [4.78, 5) is 12.9. The molecular weight excluding hydrogens is 498 g/mol. The zero-order valence-electron chi connectivity index (χ0n) is 22.2. The van der Waals surface area contributed by atoms with E-state index in [1.807, 2.05) is 71.3 Å². The molecule has 0 aliphatic rings. The molecule has 5 nitrogen and oxygen atoms in total. The van der Waals surface area contributed by atoms with Gasteiger partial charge in [0.1, 0.15) is 17.2 Å². The van der Waals surface area contributed by atoms with Gasteiger partial charge in [0.05, 0.1) is 6.61 Å². The fourth-order valence-electron chi connectivity index (χ4n) is 5.62. The molecule has 0 saturated carbocycles. The van der Waals surface area contributed by atoms with Crippen molar-refractivity contribution in [3.8, 4) is 33.8 Å². The molecule has 5 heteroatoms. The predicted octanol–water partition coefficient (Wildman–Crippen LogP) is 8.31. The van der Waals surface area contributed by atoms with Crippen molar-refractivity contribution in [2.75, 3.05) is 6.61 Å². The highest BCUT2D eigenvalue weighted by molar-refractivity contribution is 6.13. The standard InChI is InChI=1S/C35H29NO4/c1-23-10-2-4-15-27(23)29-17-8-18-30-33(29)32(25-13-6-14-26(37)22-25)34(35(38)39)36(30)20-9-21-40-31-19-7-12-24-11-3-5-16-28(24)31/h2-8,10-19,22,37H,9,20-21H2,1H3,(H,38,39). The summed E-state index contributed by atoms with van der Waals surface area (Å²) in [5.41, 5.74) is 5.41. The summed E-state index contributed by atoms with van der Waals surface area (Å²) in [6.07, 6.45) is 0.612. The number of phenols is 1. The van der Waals surface area contributed by atoms with Crippen LogP contribution in [0.1, 0.15) is 22.5 Å². The molecule has 6 rings (SSSR count). The maximum absolute atomic E-state index is 12.9. The molecule has 0 radical (unpaired) electrons. The topological polar surface area (TPSA) is 71.7 Å². The third kappa shape index (κ3) is 4.56. The Hall–Kier alpha value is -5.03. The fourth-order valence-corrected chi connectivity index (χ4v) is 5.62. The van der Waals surface area contributed by atoms with Crippen LogP contribution in [0.2, 0.25) is 0 Å². The van der Waals surface area contributed by atoms with E-state index < -0.39 is 5.97 Å². The van der Waals surface area contributed by atoms with Gasteiger partial charge in [0.2, 0.25) is 0 Å². The second kappa shape index (κ2) is 10.6. The second-order valence-electron chi connectivity index (χ2n) is 9.92. The van der Waals surface area contributed by atoms with Gasteiger partial charge in [-0.3, -0.25) is 0 Å². The van der Waals surface area contributed by atoms with Crippen LogP contribution in [0.4, 0.5) is 0 Å². The van der Waals surface area contributed by atoms with Crippen molar-refractivity contribution >= 4 is 27.6 Å². The number of hydrogen-bond acceptors (Lipinski definition) is 3. The third-order valence-corrected chi connectivity index (χ3v) is 7.40. The molecule has 6 aromatic rings. The maximum Gasteiger partial charge on any atom is 0.353 e. The molecule has 2 N–H and O–H groups in total. The summed E-state index contributed by atoms with van der Waals surface area (Å²) in [5.74, 6) is -0.108. The number of carboxylic acids is 1. The number of fused-ring (bicyclic) bond motifs is 2. The third-order valence-electron chi connectivity index (χ3n) is 7.40. The lowest BCUT2D eigenvalue weighted by atomic mass is 9.92. The first kappa shape index (κ1) is 25.3. The van der Waals surface area contributed by atoms with Crippen molar-refractivity contribution in [3.05, 3.63) is 120 Å². The van der Waals surface area contributed by atoms with Gasteiger partial charge in [-0.05, 0) is 65.3 Å². The van der Waals surface area contributed by atoms with Crippen LogP contribution < -0.4 is 4.74 Å². The van der Waals surface area contributed by atoms with Gasteiger partial charge in [-0.25, -0.2) is 4.79 Å². The number of nitrogens with zero attached hydrogens (tertiary/aromatic N) is 1. The van der Waals surface area contributed by atoms with Crippen LogP contribution in [0.5, 0.6) is 11.5 Å². The van der Waals surface area contributed by atoms with Crippen molar-refractivity contribution in [3.63, 3.8) is 0 Å². The molecule has 0 saturated heterocycles. The number of aromatic hydroxyl groups is 1. The monoisotopic (exact) mass is 527 g/mol. The number of benzene rings is 5. The summed E-state index contributed by atoms with van der Waals surface area (Å²) in [7, 11) is 0. The van der Waals surface area contributed by atoms with Gasteiger partial charge in [-0.2, -0.15) is 0 Å². The Balaban J connectivity index is 1.45. The van der Waals surface area contributed by atoms with Crippen LogP contribution in [0, 0.1) is 6.92 Å². The average Bonchev–Trinajstić information content (AvgIpc) is 3.30. The van der Waals surface area contributed by atoms with Crippen molar-refractivity contribution in [1.29, 1.82) is 0 Å². The van der Waals surface area contributed by atoms with E-state index in [0.29, 0.717) is 30.7 Å². The van der Waals surface area contributed by atoms with Gasteiger partial charge in [0, 0.05) is 28.4 Å². The molecule has 0 bridgehead atoms. The summed E-state index contributed by atoms with van der Waals surface area (Å²) in [6.45, 7) is 2.95. The SMILES string of the molecule is Cc1ccccc1-c1cccc2c1c(-c1cccc(O)c1)c(C(=O)O)n2CCCOc1cccc2ccccc12. The lowest BCUT2D eigenvalue weighted by Gasteiger charge is -2.12. The molecule has 0 aliphatic carbocycles. The fraction of sp³-hybridized carbons (Fsp3) is 0.114. The smallest absolute Gasteiger partial charge is 0.353 e. The zero-order valence-corrected chi connectivity index (χ0v) is 22.2. The number of aryl methyl sites for hydroxylation is 2. The molecule has 1 aromatic heterocycles. The van der Waals surface area contributed by atoms with Gasteiger partial charge < -0.3 is 19.5 Å². The Labute approximate surface area is 232 Å².